The fraction of sp³-hybridized carbons (Fsp3) is 0.300. The molecule has 0 radical (unpaired) electrons. The van der Waals surface area contributed by atoms with Crippen LogP contribution in [0, 0.1) is 0 Å². The van der Waals surface area contributed by atoms with Gasteiger partial charge in [-0.2, -0.15) is 0 Å². The minimum absolute atomic E-state index is 0.383. The zero-order valence-electron chi connectivity index (χ0n) is 7.99. The van der Waals surface area contributed by atoms with Gasteiger partial charge in [-0.15, -0.1) is 0 Å². The lowest BCUT2D eigenvalue weighted by atomic mass is 10.1. The van der Waals surface area contributed by atoms with Gasteiger partial charge in [0.05, 0.1) is 12.7 Å². The maximum Gasteiger partial charge on any atom is 0.337 e. The standard InChI is InChI=1S/C10H11ClO3/c1-13-9(11)7-4-3-5-8(6-7)10(12)14-2/h3-6,9H,1-2H3. The predicted molar refractivity (Wildman–Crippen MR) is 53.4 cm³/mol. The van der Waals surface area contributed by atoms with Crippen LogP contribution in [0.25, 0.3) is 0 Å². The lowest BCUT2D eigenvalue weighted by Gasteiger charge is -2.08. The van der Waals surface area contributed by atoms with Gasteiger partial charge in [-0.3, -0.25) is 0 Å². The summed E-state index contributed by atoms with van der Waals surface area (Å²) in [4.78, 5) is 11.2. The van der Waals surface area contributed by atoms with Gasteiger partial charge in [0.1, 0.15) is 0 Å². The Morgan fingerprint density at radius 1 is 1.43 bits per heavy atom. The molecule has 0 spiro atoms. The molecule has 4 heteroatoms. The summed E-state index contributed by atoms with van der Waals surface area (Å²) < 4.78 is 9.50. The number of alkyl halides is 1. The van der Waals surface area contributed by atoms with E-state index in [-0.39, 0.29) is 5.97 Å². The maximum atomic E-state index is 11.2. The molecule has 1 atom stereocenters. The molecule has 1 rings (SSSR count). The summed E-state index contributed by atoms with van der Waals surface area (Å²) in [7, 11) is 2.84. The fourth-order valence-corrected chi connectivity index (χ4v) is 1.20. The highest BCUT2D eigenvalue weighted by Crippen LogP contribution is 2.21. The van der Waals surface area contributed by atoms with Crippen molar-refractivity contribution in [2.24, 2.45) is 0 Å². The van der Waals surface area contributed by atoms with E-state index in [1.165, 1.54) is 14.2 Å². The summed E-state index contributed by atoms with van der Waals surface area (Å²) in [5.41, 5.74) is 0.657. The highest BCUT2D eigenvalue weighted by atomic mass is 35.5. The molecule has 1 aromatic rings. The van der Waals surface area contributed by atoms with Crippen molar-refractivity contribution in [3.63, 3.8) is 0 Å². The van der Waals surface area contributed by atoms with Crippen molar-refractivity contribution in [2.75, 3.05) is 14.2 Å². The number of rotatable bonds is 3. The van der Waals surface area contributed by atoms with Crippen LogP contribution in [0.2, 0.25) is 0 Å². The number of carbonyl (C=O) groups excluding carboxylic acids is 1. The number of benzene rings is 1. The van der Waals surface area contributed by atoms with E-state index < -0.39 is 5.56 Å². The molecule has 14 heavy (non-hydrogen) atoms. The first-order valence-corrected chi connectivity index (χ1v) is 4.48. The number of ether oxygens (including phenoxy) is 2. The summed E-state index contributed by atoms with van der Waals surface area (Å²) >= 11 is 5.84. The van der Waals surface area contributed by atoms with E-state index in [1.54, 1.807) is 24.3 Å². The highest BCUT2D eigenvalue weighted by molar-refractivity contribution is 6.19. The quantitative estimate of drug-likeness (QED) is 0.573. The van der Waals surface area contributed by atoms with Gasteiger partial charge in [-0.05, 0) is 17.7 Å². The predicted octanol–water partition coefficient (Wildman–Crippen LogP) is 2.36. The monoisotopic (exact) mass is 214 g/mol. The number of methoxy groups -OCH3 is 2. The molecule has 76 valence electrons. The Hall–Kier alpha value is -1.06. The van der Waals surface area contributed by atoms with E-state index in [1.807, 2.05) is 0 Å². The van der Waals surface area contributed by atoms with Crippen LogP contribution in [0.5, 0.6) is 0 Å². The first-order valence-electron chi connectivity index (χ1n) is 4.04. The normalized spacial score (nSPS) is 12.2. The smallest absolute Gasteiger partial charge is 0.337 e. The van der Waals surface area contributed by atoms with Crippen LogP contribution in [0.4, 0.5) is 0 Å². The minimum atomic E-state index is -0.542. The molecule has 0 amide bonds. The van der Waals surface area contributed by atoms with Crippen LogP contribution in [0.3, 0.4) is 0 Å². The molecule has 0 fully saturated rings. The van der Waals surface area contributed by atoms with Crippen LogP contribution in [-0.4, -0.2) is 20.2 Å². The van der Waals surface area contributed by atoms with Crippen molar-refractivity contribution < 1.29 is 14.3 Å². The van der Waals surface area contributed by atoms with Crippen molar-refractivity contribution in [2.45, 2.75) is 5.56 Å². The van der Waals surface area contributed by atoms with Crippen molar-refractivity contribution in [3.05, 3.63) is 35.4 Å². The molecule has 0 bridgehead atoms. The average Bonchev–Trinajstić information content (AvgIpc) is 2.27. The van der Waals surface area contributed by atoms with Crippen LogP contribution in [0.15, 0.2) is 24.3 Å². The van der Waals surface area contributed by atoms with Crippen molar-refractivity contribution in [1.82, 2.24) is 0 Å². The van der Waals surface area contributed by atoms with E-state index >= 15 is 0 Å². The number of halogens is 1. The molecule has 0 heterocycles. The van der Waals surface area contributed by atoms with Gasteiger partial charge < -0.3 is 9.47 Å². The summed E-state index contributed by atoms with van der Waals surface area (Å²) in [5, 5.41) is 0. The Balaban J connectivity index is 2.95. The summed E-state index contributed by atoms with van der Waals surface area (Å²) in [5.74, 6) is -0.383. The Labute approximate surface area is 87.6 Å². The van der Waals surface area contributed by atoms with E-state index in [4.69, 9.17) is 16.3 Å². The molecule has 0 aliphatic heterocycles. The van der Waals surface area contributed by atoms with Crippen LogP contribution >= 0.6 is 11.6 Å². The minimum Gasteiger partial charge on any atom is -0.465 e. The van der Waals surface area contributed by atoms with Crippen LogP contribution < -0.4 is 0 Å². The van der Waals surface area contributed by atoms with E-state index in [0.29, 0.717) is 5.56 Å². The molecular weight excluding hydrogens is 204 g/mol. The third-order valence-corrected chi connectivity index (χ3v) is 2.21. The molecule has 0 aliphatic carbocycles. The summed E-state index contributed by atoms with van der Waals surface area (Å²) in [6.45, 7) is 0. The maximum absolute atomic E-state index is 11.2. The largest absolute Gasteiger partial charge is 0.465 e. The zero-order valence-corrected chi connectivity index (χ0v) is 8.75. The summed E-state index contributed by atoms with van der Waals surface area (Å²) in [6, 6.07) is 6.82. The number of hydrogen-bond acceptors (Lipinski definition) is 3. The Bertz CT molecular complexity index is 325. The molecule has 1 aromatic carbocycles. The molecule has 0 aromatic heterocycles. The molecule has 0 N–H and O–H groups in total. The fourth-order valence-electron chi connectivity index (χ4n) is 1.06. The van der Waals surface area contributed by atoms with E-state index in [9.17, 15) is 4.79 Å². The van der Waals surface area contributed by atoms with E-state index in [0.717, 1.165) is 5.56 Å². The topological polar surface area (TPSA) is 35.5 Å². The summed E-state index contributed by atoms with van der Waals surface area (Å²) in [6.07, 6.45) is 0. The van der Waals surface area contributed by atoms with Crippen LogP contribution in [0.1, 0.15) is 21.5 Å². The lowest BCUT2D eigenvalue weighted by molar-refractivity contribution is 0.0600. The third-order valence-electron chi connectivity index (χ3n) is 1.78. The highest BCUT2D eigenvalue weighted by Gasteiger charge is 2.10. The molecule has 3 nitrogen and oxygen atoms in total. The zero-order chi connectivity index (χ0) is 10.6. The average molecular weight is 215 g/mol. The molecule has 0 aliphatic rings. The lowest BCUT2D eigenvalue weighted by Crippen LogP contribution is -2.02. The van der Waals surface area contributed by atoms with Crippen LogP contribution in [-0.2, 0) is 9.47 Å². The number of hydrogen-bond donors (Lipinski definition) is 0. The third kappa shape index (κ3) is 2.47. The van der Waals surface area contributed by atoms with Gasteiger partial charge in [0, 0.05) is 7.11 Å². The van der Waals surface area contributed by atoms with Crippen molar-refractivity contribution in [1.29, 1.82) is 0 Å². The van der Waals surface area contributed by atoms with Gasteiger partial charge in [0.2, 0.25) is 0 Å². The second-order valence-corrected chi connectivity index (χ2v) is 3.07. The van der Waals surface area contributed by atoms with Gasteiger partial charge in [0.25, 0.3) is 0 Å². The molecule has 0 saturated heterocycles. The van der Waals surface area contributed by atoms with E-state index in [2.05, 4.69) is 4.74 Å². The molecule has 1 unspecified atom stereocenters. The number of esters is 1. The second-order valence-electron chi connectivity index (χ2n) is 2.67. The Morgan fingerprint density at radius 2 is 2.14 bits per heavy atom. The Morgan fingerprint density at radius 3 is 2.71 bits per heavy atom. The Kier molecular flexibility index (Phi) is 3.92. The molecule has 0 saturated carbocycles. The van der Waals surface area contributed by atoms with Crippen molar-refractivity contribution in [3.8, 4) is 0 Å². The van der Waals surface area contributed by atoms with Gasteiger partial charge in [-0.1, -0.05) is 23.7 Å². The first kappa shape index (κ1) is 11.0. The molecular formula is C10H11ClO3. The van der Waals surface area contributed by atoms with Gasteiger partial charge >= 0.3 is 5.97 Å². The SMILES string of the molecule is COC(=O)c1cccc(C(Cl)OC)c1. The first-order chi connectivity index (χ1) is 6.69. The van der Waals surface area contributed by atoms with Gasteiger partial charge in [-0.25, -0.2) is 4.79 Å². The van der Waals surface area contributed by atoms with Gasteiger partial charge in [0.15, 0.2) is 5.56 Å². The van der Waals surface area contributed by atoms with Crippen molar-refractivity contribution >= 4 is 17.6 Å². The number of carbonyl (C=O) groups is 1. The second kappa shape index (κ2) is 4.98.